The molecule has 17 heavy (non-hydrogen) atoms. The number of likely N-dealkylation sites (N-methyl/N-ethyl adjacent to an activating group) is 1. The maximum atomic E-state index is 11.8. The second-order valence-electron chi connectivity index (χ2n) is 4.05. The molecule has 1 heterocycles. The first-order chi connectivity index (χ1) is 7.82. The monoisotopic (exact) mass is 255 g/mol. The molecule has 0 aliphatic rings. The number of amides is 2. The molecule has 94 valence electrons. The first-order valence-corrected chi connectivity index (χ1v) is 6.02. The Hall–Kier alpha value is -1.56. The van der Waals surface area contributed by atoms with E-state index in [4.69, 9.17) is 5.73 Å². The van der Waals surface area contributed by atoms with Gasteiger partial charge in [0.1, 0.15) is 6.04 Å². The van der Waals surface area contributed by atoms with Gasteiger partial charge in [0.2, 0.25) is 5.91 Å². The molecule has 0 radical (unpaired) electrons. The van der Waals surface area contributed by atoms with Crippen LogP contribution in [0.5, 0.6) is 0 Å². The largest absolute Gasteiger partial charge is 0.398 e. The Balaban J connectivity index is 2.70. The number of nitrogen functional groups attached to an aromatic ring is 1. The number of nitrogens with zero attached hydrogens (tertiary/aromatic N) is 1. The molecule has 0 fully saturated rings. The summed E-state index contributed by atoms with van der Waals surface area (Å²) >= 11 is 1.32. The fraction of sp³-hybridized carbons (Fsp3) is 0.455. The van der Waals surface area contributed by atoms with Gasteiger partial charge in [-0.2, -0.15) is 0 Å². The van der Waals surface area contributed by atoms with Gasteiger partial charge in [-0.1, -0.05) is 0 Å². The summed E-state index contributed by atoms with van der Waals surface area (Å²) in [6.07, 6.45) is 0. The van der Waals surface area contributed by atoms with Gasteiger partial charge >= 0.3 is 0 Å². The van der Waals surface area contributed by atoms with E-state index in [9.17, 15) is 9.59 Å². The van der Waals surface area contributed by atoms with Gasteiger partial charge < -0.3 is 16.0 Å². The fourth-order valence-electron chi connectivity index (χ4n) is 1.32. The van der Waals surface area contributed by atoms with Crippen LogP contribution in [0.1, 0.15) is 21.5 Å². The second-order valence-corrected chi connectivity index (χ2v) is 5.31. The van der Waals surface area contributed by atoms with E-state index in [1.165, 1.54) is 16.2 Å². The molecule has 1 aromatic rings. The van der Waals surface area contributed by atoms with Crippen LogP contribution in [-0.2, 0) is 4.79 Å². The Bertz CT molecular complexity index is 420. The highest BCUT2D eigenvalue weighted by atomic mass is 32.1. The zero-order valence-corrected chi connectivity index (χ0v) is 11.2. The van der Waals surface area contributed by atoms with Crippen molar-refractivity contribution in [3.8, 4) is 0 Å². The lowest BCUT2D eigenvalue weighted by atomic mass is 10.3. The number of carbonyl (C=O) groups is 2. The smallest absolute Gasteiger partial charge is 0.262 e. The quantitative estimate of drug-likeness (QED) is 0.840. The van der Waals surface area contributed by atoms with Crippen molar-refractivity contribution < 1.29 is 9.59 Å². The number of hydrogen-bond donors (Lipinski definition) is 2. The van der Waals surface area contributed by atoms with Crippen LogP contribution in [0.15, 0.2) is 6.07 Å². The number of nitrogens with one attached hydrogen (secondary N) is 1. The van der Waals surface area contributed by atoms with E-state index in [1.54, 1.807) is 27.1 Å². The summed E-state index contributed by atoms with van der Waals surface area (Å²) in [7, 11) is 3.30. The van der Waals surface area contributed by atoms with E-state index in [0.717, 1.165) is 4.88 Å². The summed E-state index contributed by atoms with van der Waals surface area (Å²) in [5.74, 6) is -0.405. The fourth-order valence-corrected chi connectivity index (χ4v) is 2.17. The second kappa shape index (κ2) is 5.18. The van der Waals surface area contributed by atoms with Crippen LogP contribution < -0.4 is 11.1 Å². The average molecular weight is 255 g/mol. The highest BCUT2D eigenvalue weighted by molar-refractivity contribution is 7.14. The maximum absolute atomic E-state index is 11.8. The summed E-state index contributed by atoms with van der Waals surface area (Å²) < 4.78 is 0. The summed E-state index contributed by atoms with van der Waals surface area (Å²) in [6.45, 7) is 3.51. The molecule has 1 atom stereocenters. The molecule has 0 saturated heterocycles. The molecule has 5 nitrogen and oxygen atoms in total. The molecule has 1 rings (SSSR count). The highest BCUT2D eigenvalue weighted by Crippen LogP contribution is 2.23. The third-order valence-corrected chi connectivity index (χ3v) is 3.40. The minimum atomic E-state index is -0.541. The zero-order valence-electron chi connectivity index (χ0n) is 10.4. The molecule has 0 bridgehead atoms. The molecule has 0 aromatic carbocycles. The summed E-state index contributed by atoms with van der Waals surface area (Å²) in [5.41, 5.74) is 6.28. The van der Waals surface area contributed by atoms with Crippen molar-refractivity contribution in [2.24, 2.45) is 0 Å². The Labute approximate surface area is 105 Å². The van der Waals surface area contributed by atoms with E-state index in [1.807, 2.05) is 6.92 Å². The number of anilines is 1. The lowest BCUT2D eigenvalue weighted by molar-refractivity contribution is -0.130. The number of aryl methyl sites for hydroxylation is 1. The molecule has 1 aromatic heterocycles. The third kappa shape index (κ3) is 3.20. The first-order valence-electron chi connectivity index (χ1n) is 5.21. The topological polar surface area (TPSA) is 75.4 Å². The normalized spacial score (nSPS) is 12.0. The Morgan fingerprint density at radius 3 is 2.47 bits per heavy atom. The highest BCUT2D eigenvalue weighted by Gasteiger charge is 2.19. The average Bonchev–Trinajstić information content (AvgIpc) is 2.58. The first kappa shape index (κ1) is 13.5. The zero-order chi connectivity index (χ0) is 13.2. The molecule has 0 saturated carbocycles. The van der Waals surface area contributed by atoms with Gasteiger partial charge in [-0.15, -0.1) is 11.3 Å². The molecule has 0 aliphatic carbocycles. The molecule has 3 N–H and O–H groups in total. The number of thiophene rings is 1. The number of carbonyl (C=O) groups excluding carboxylic acids is 2. The lowest BCUT2D eigenvalue weighted by Gasteiger charge is -2.17. The van der Waals surface area contributed by atoms with Gasteiger partial charge in [0.15, 0.2) is 0 Å². The molecule has 0 aliphatic heterocycles. The number of nitrogens with two attached hydrogens (primary N) is 1. The Kier molecular flexibility index (Phi) is 4.11. The van der Waals surface area contributed by atoms with Crippen LogP contribution in [0.2, 0.25) is 0 Å². The van der Waals surface area contributed by atoms with Crippen molar-refractivity contribution >= 4 is 28.8 Å². The molecule has 0 spiro atoms. The number of hydrogen-bond acceptors (Lipinski definition) is 4. The van der Waals surface area contributed by atoms with Crippen LogP contribution in [0.3, 0.4) is 0 Å². The number of rotatable bonds is 3. The lowest BCUT2D eigenvalue weighted by Crippen LogP contribution is -2.44. The molecule has 1 unspecified atom stereocenters. The van der Waals surface area contributed by atoms with E-state index >= 15 is 0 Å². The summed E-state index contributed by atoms with van der Waals surface area (Å²) in [5, 5.41) is 2.64. The molecule has 6 heteroatoms. The van der Waals surface area contributed by atoms with Crippen LogP contribution >= 0.6 is 11.3 Å². The van der Waals surface area contributed by atoms with Gasteiger partial charge in [0.25, 0.3) is 5.91 Å². The van der Waals surface area contributed by atoms with E-state index in [0.29, 0.717) is 10.6 Å². The predicted molar refractivity (Wildman–Crippen MR) is 69.1 cm³/mol. The van der Waals surface area contributed by atoms with E-state index < -0.39 is 6.04 Å². The van der Waals surface area contributed by atoms with Crippen LogP contribution in [0.4, 0.5) is 5.69 Å². The SMILES string of the molecule is Cc1sc(C(=O)NC(C)C(=O)N(C)C)cc1N. The predicted octanol–water partition coefficient (Wildman–Crippen LogP) is 0.845. The van der Waals surface area contributed by atoms with Gasteiger partial charge in [0, 0.05) is 24.7 Å². The standard InChI is InChI=1S/C11H17N3O2S/c1-6(11(16)14(3)4)13-10(15)9-5-8(12)7(2)17-9/h5-6H,12H2,1-4H3,(H,13,15). The molecular formula is C11H17N3O2S. The van der Waals surface area contributed by atoms with Gasteiger partial charge in [-0.3, -0.25) is 9.59 Å². The van der Waals surface area contributed by atoms with Gasteiger partial charge in [-0.25, -0.2) is 0 Å². The minimum absolute atomic E-state index is 0.139. The van der Waals surface area contributed by atoms with Gasteiger partial charge in [0.05, 0.1) is 4.88 Å². The Morgan fingerprint density at radius 2 is 2.06 bits per heavy atom. The van der Waals surface area contributed by atoms with Crippen molar-refractivity contribution in [1.29, 1.82) is 0 Å². The van der Waals surface area contributed by atoms with Crippen LogP contribution in [-0.4, -0.2) is 36.9 Å². The molecule has 2 amide bonds. The van der Waals surface area contributed by atoms with Crippen molar-refractivity contribution in [1.82, 2.24) is 10.2 Å². The van der Waals surface area contributed by atoms with Crippen molar-refractivity contribution in [2.45, 2.75) is 19.9 Å². The summed E-state index contributed by atoms with van der Waals surface area (Å²) in [6, 6.07) is 1.09. The van der Waals surface area contributed by atoms with E-state index in [-0.39, 0.29) is 11.8 Å². The van der Waals surface area contributed by atoms with Crippen molar-refractivity contribution in [3.05, 3.63) is 15.8 Å². The van der Waals surface area contributed by atoms with E-state index in [2.05, 4.69) is 5.32 Å². The minimum Gasteiger partial charge on any atom is -0.398 e. The van der Waals surface area contributed by atoms with Gasteiger partial charge in [-0.05, 0) is 19.9 Å². The summed E-state index contributed by atoms with van der Waals surface area (Å²) in [4.78, 5) is 26.3. The van der Waals surface area contributed by atoms with Crippen LogP contribution in [0, 0.1) is 6.92 Å². The van der Waals surface area contributed by atoms with Crippen molar-refractivity contribution in [3.63, 3.8) is 0 Å². The van der Waals surface area contributed by atoms with Crippen LogP contribution in [0.25, 0.3) is 0 Å². The molecular weight excluding hydrogens is 238 g/mol. The third-order valence-electron chi connectivity index (χ3n) is 2.34. The maximum Gasteiger partial charge on any atom is 0.262 e. The van der Waals surface area contributed by atoms with Crippen molar-refractivity contribution in [2.75, 3.05) is 19.8 Å². The Morgan fingerprint density at radius 1 is 1.47 bits per heavy atom.